The zero-order chi connectivity index (χ0) is 23.0. The molecule has 0 aliphatic heterocycles. The van der Waals surface area contributed by atoms with Gasteiger partial charge in [-0.05, 0) is 68.2 Å². The van der Waals surface area contributed by atoms with E-state index in [1.165, 1.54) is 17.7 Å². The van der Waals surface area contributed by atoms with Crippen molar-refractivity contribution in [3.63, 3.8) is 0 Å². The number of aliphatic imine (C=N–C) groups is 1. The second kappa shape index (κ2) is 8.54. The minimum absolute atomic E-state index is 0.199. The number of aromatic nitrogens is 1. The van der Waals surface area contributed by atoms with Gasteiger partial charge in [0.15, 0.2) is 0 Å². The van der Waals surface area contributed by atoms with E-state index in [1.807, 2.05) is 36.6 Å². The molecule has 0 unspecified atom stereocenters. The maximum atomic E-state index is 14.6. The van der Waals surface area contributed by atoms with E-state index in [-0.39, 0.29) is 6.54 Å². The summed E-state index contributed by atoms with van der Waals surface area (Å²) >= 11 is 0. The summed E-state index contributed by atoms with van der Waals surface area (Å²) in [6.07, 6.45) is 8.22. The Morgan fingerprint density at radius 3 is 2.66 bits per heavy atom. The fourth-order valence-electron chi connectivity index (χ4n) is 4.56. The summed E-state index contributed by atoms with van der Waals surface area (Å²) in [5, 5.41) is 0.999. The first kappa shape index (κ1) is 21.7. The van der Waals surface area contributed by atoms with Crippen molar-refractivity contribution < 1.29 is 8.78 Å². The fourth-order valence-corrected chi connectivity index (χ4v) is 4.56. The van der Waals surface area contributed by atoms with Crippen LogP contribution in [0.15, 0.2) is 72.3 Å². The average Bonchev–Trinajstić information content (AvgIpc) is 3.07. The van der Waals surface area contributed by atoms with E-state index in [2.05, 4.69) is 26.2 Å². The van der Waals surface area contributed by atoms with E-state index >= 15 is 0 Å². The van der Waals surface area contributed by atoms with E-state index in [4.69, 9.17) is 4.99 Å². The summed E-state index contributed by atoms with van der Waals surface area (Å²) in [4.78, 5) is 4.69. The summed E-state index contributed by atoms with van der Waals surface area (Å²) in [6.45, 7) is 14.4. The molecule has 0 N–H and O–H groups in total. The van der Waals surface area contributed by atoms with E-state index in [1.54, 1.807) is 12.3 Å². The van der Waals surface area contributed by atoms with Crippen LogP contribution in [0.5, 0.6) is 0 Å². The average molecular weight is 429 g/mol. The van der Waals surface area contributed by atoms with Crippen molar-refractivity contribution in [2.45, 2.75) is 33.7 Å². The molecular formula is C28H26F2N2. The number of benzene rings is 2. The highest BCUT2D eigenvalue weighted by Gasteiger charge is 2.28. The molecule has 0 atom stereocenters. The third kappa shape index (κ3) is 3.56. The molecule has 4 rings (SSSR count). The number of nitrogens with zero attached hydrogens (tertiary/aromatic N) is 2. The smallest absolute Gasteiger partial charge is 0.128 e. The van der Waals surface area contributed by atoms with Gasteiger partial charge in [-0.3, -0.25) is 4.99 Å². The van der Waals surface area contributed by atoms with Gasteiger partial charge >= 0.3 is 0 Å². The Labute approximate surface area is 187 Å². The van der Waals surface area contributed by atoms with Crippen LogP contribution in [0, 0.1) is 18.6 Å². The molecule has 0 spiro atoms. The predicted molar refractivity (Wildman–Crippen MR) is 132 cm³/mol. The van der Waals surface area contributed by atoms with Crippen LogP contribution >= 0.6 is 0 Å². The van der Waals surface area contributed by atoms with Gasteiger partial charge in [-0.15, -0.1) is 0 Å². The Bertz CT molecular complexity index is 1350. The van der Waals surface area contributed by atoms with Crippen LogP contribution < -0.4 is 0 Å². The number of allylic oxidation sites excluding steroid dienone is 6. The maximum Gasteiger partial charge on any atom is 0.128 e. The second-order valence-corrected chi connectivity index (χ2v) is 8.13. The first-order chi connectivity index (χ1) is 15.4. The summed E-state index contributed by atoms with van der Waals surface area (Å²) in [5.41, 5.74) is 8.37. The van der Waals surface area contributed by atoms with Gasteiger partial charge in [0.05, 0.1) is 23.4 Å². The van der Waals surface area contributed by atoms with Crippen molar-refractivity contribution in [2.75, 3.05) is 0 Å². The van der Waals surface area contributed by atoms with E-state index in [9.17, 15) is 8.78 Å². The van der Waals surface area contributed by atoms with Crippen LogP contribution in [-0.4, -0.2) is 10.8 Å². The number of rotatable bonds is 5. The van der Waals surface area contributed by atoms with Crippen LogP contribution in [0.1, 0.15) is 42.7 Å². The molecule has 0 fully saturated rings. The largest absolute Gasteiger partial charge is 0.336 e. The van der Waals surface area contributed by atoms with Gasteiger partial charge in [-0.1, -0.05) is 43.0 Å². The van der Waals surface area contributed by atoms with Gasteiger partial charge in [-0.2, -0.15) is 0 Å². The van der Waals surface area contributed by atoms with Crippen molar-refractivity contribution in [3.8, 4) is 0 Å². The lowest BCUT2D eigenvalue weighted by Crippen LogP contribution is -2.09. The molecule has 4 heteroatoms. The first-order valence-electron chi connectivity index (χ1n) is 10.6. The molecule has 0 bridgehead atoms. The zero-order valence-electron chi connectivity index (χ0n) is 18.7. The predicted octanol–water partition coefficient (Wildman–Crippen LogP) is 7.93. The Morgan fingerprint density at radius 2 is 1.94 bits per heavy atom. The molecule has 0 saturated heterocycles. The molecule has 0 radical (unpaired) electrons. The zero-order valence-corrected chi connectivity index (χ0v) is 18.7. The van der Waals surface area contributed by atoms with Crippen molar-refractivity contribution >= 4 is 34.0 Å². The minimum atomic E-state index is -0.456. The van der Waals surface area contributed by atoms with Crippen LogP contribution in [-0.2, 0) is 6.54 Å². The van der Waals surface area contributed by atoms with Crippen molar-refractivity contribution in [1.82, 2.24) is 4.57 Å². The molecule has 32 heavy (non-hydrogen) atoms. The topological polar surface area (TPSA) is 17.3 Å². The fraction of sp³-hybridized carbons (Fsp3) is 0.179. The van der Waals surface area contributed by atoms with Crippen molar-refractivity contribution in [1.29, 1.82) is 0 Å². The summed E-state index contributed by atoms with van der Waals surface area (Å²) < 4.78 is 30.6. The van der Waals surface area contributed by atoms with Gasteiger partial charge in [0.1, 0.15) is 11.6 Å². The lowest BCUT2D eigenvalue weighted by Gasteiger charge is -2.22. The van der Waals surface area contributed by atoms with Crippen LogP contribution in [0.2, 0.25) is 0 Å². The SMILES string of the molecule is C=C/C=C\C1=C(C)CC(=C)c2c1c1c(N=CC)c(C)ccc1n2Cc1cc(F)ccc1F. The Kier molecular flexibility index (Phi) is 5.79. The number of fused-ring (bicyclic) bond motifs is 3. The number of halogens is 2. The normalized spacial score (nSPS) is 14.2. The van der Waals surface area contributed by atoms with Gasteiger partial charge in [0, 0.05) is 22.7 Å². The molecule has 2 nitrogen and oxygen atoms in total. The second-order valence-electron chi connectivity index (χ2n) is 8.13. The number of hydrogen-bond acceptors (Lipinski definition) is 1. The molecule has 162 valence electrons. The molecule has 3 aromatic rings. The van der Waals surface area contributed by atoms with Gasteiger partial charge < -0.3 is 4.57 Å². The highest BCUT2D eigenvalue weighted by Crippen LogP contribution is 2.47. The van der Waals surface area contributed by atoms with E-state index < -0.39 is 11.6 Å². The Hall–Kier alpha value is -3.53. The molecule has 1 aromatic heterocycles. The molecule has 0 amide bonds. The lowest BCUT2D eigenvalue weighted by molar-refractivity contribution is 0.578. The number of hydrogen-bond donors (Lipinski definition) is 0. The van der Waals surface area contributed by atoms with Gasteiger partial charge in [-0.25, -0.2) is 8.78 Å². The molecule has 1 aliphatic carbocycles. The molecule has 2 aromatic carbocycles. The first-order valence-corrected chi connectivity index (χ1v) is 10.6. The van der Waals surface area contributed by atoms with Crippen LogP contribution in [0.3, 0.4) is 0 Å². The number of aryl methyl sites for hydroxylation is 1. The third-order valence-corrected chi connectivity index (χ3v) is 5.94. The highest BCUT2D eigenvalue weighted by atomic mass is 19.1. The van der Waals surface area contributed by atoms with E-state index in [0.717, 1.165) is 50.6 Å². The van der Waals surface area contributed by atoms with Gasteiger partial charge in [0.25, 0.3) is 0 Å². The minimum Gasteiger partial charge on any atom is -0.336 e. The maximum absolute atomic E-state index is 14.6. The summed E-state index contributed by atoms with van der Waals surface area (Å²) in [5.74, 6) is -0.885. The van der Waals surface area contributed by atoms with Crippen LogP contribution in [0.4, 0.5) is 14.5 Å². The van der Waals surface area contributed by atoms with Crippen molar-refractivity contribution in [2.24, 2.45) is 4.99 Å². The van der Waals surface area contributed by atoms with Gasteiger partial charge in [0.2, 0.25) is 0 Å². The quantitative estimate of drug-likeness (QED) is 0.290. The van der Waals surface area contributed by atoms with Crippen molar-refractivity contribution in [3.05, 3.63) is 101 Å². The summed E-state index contributed by atoms with van der Waals surface area (Å²) in [6, 6.07) is 7.64. The Morgan fingerprint density at radius 1 is 1.16 bits per heavy atom. The molecular weight excluding hydrogens is 402 g/mol. The Balaban J connectivity index is 2.13. The summed E-state index contributed by atoms with van der Waals surface area (Å²) in [7, 11) is 0. The molecule has 1 aliphatic rings. The molecule has 1 heterocycles. The molecule has 0 saturated carbocycles. The van der Waals surface area contributed by atoms with E-state index in [0.29, 0.717) is 12.0 Å². The monoisotopic (exact) mass is 428 g/mol. The highest BCUT2D eigenvalue weighted by molar-refractivity contribution is 6.09. The third-order valence-electron chi connectivity index (χ3n) is 5.94. The van der Waals surface area contributed by atoms with Crippen LogP contribution in [0.25, 0.3) is 22.0 Å². The lowest BCUT2D eigenvalue weighted by atomic mass is 9.85. The standard InChI is InChI=1S/C28H26F2N2/c1-6-8-9-22-18(4)14-19(5)28-25(22)26-24(13-10-17(3)27(26)31-7-2)32(28)16-20-15-21(29)11-12-23(20)30/h6-13,15H,1,5,14,16H2,2-4H3/b9-8-,31-7?.